The summed E-state index contributed by atoms with van der Waals surface area (Å²) in [5.74, 6) is 0.187. The van der Waals surface area contributed by atoms with E-state index in [2.05, 4.69) is 10.2 Å². The molecule has 0 spiro atoms. The van der Waals surface area contributed by atoms with Crippen molar-refractivity contribution in [2.45, 2.75) is 70.9 Å². The molecular weight excluding hydrogens is 551 g/mol. The lowest BCUT2D eigenvalue weighted by molar-refractivity contribution is -0.127. The predicted molar refractivity (Wildman–Crippen MR) is 153 cm³/mol. The summed E-state index contributed by atoms with van der Waals surface area (Å²) in [5, 5.41) is 3.50. The minimum absolute atomic E-state index is 0.245. The highest BCUT2D eigenvalue weighted by atomic mass is 19.4. The number of alkyl halides is 3. The maximum atomic E-state index is 13.0. The third-order valence-electron chi connectivity index (χ3n) is 7.42. The van der Waals surface area contributed by atoms with Gasteiger partial charge in [0.1, 0.15) is 11.4 Å². The van der Waals surface area contributed by atoms with Crippen LogP contribution in [0.15, 0.2) is 42.6 Å². The molecule has 1 aromatic heterocycles. The van der Waals surface area contributed by atoms with Crippen LogP contribution < -0.4 is 10.1 Å². The average Bonchev–Trinajstić information content (AvgIpc) is 3.38. The molecule has 2 aromatic carbocycles. The number of halogens is 3. The molecule has 0 saturated carbocycles. The van der Waals surface area contributed by atoms with Gasteiger partial charge in [-0.25, -0.2) is 9.59 Å². The first-order chi connectivity index (χ1) is 19.7. The Labute approximate surface area is 243 Å². The Bertz CT molecular complexity index is 1430. The number of piperidine rings is 1. The van der Waals surface area contributed by atoms with E-state index in [9.17, 15) is 22.8 Å². The summed E-state index contributed by atoms with van der Waals surface area (Å²) in [4.78, 5) is 27.2. The van der Waals surface area contributed by atoms with Gasteiger partial charge in [-0.3, -0.25) is 9.47 Å². The quantitative estimate of drug-likeness (QED) is 0.320. The third-order valence-corrected chi connectivity index (χ3v) is 7.42. The summed E-state index contributed by atoms with van der Waals surface area (Å²) in [6.45, 7) is 7.21. The van der Waals surface area contributed by atoms with Crippen LogP contribution in [0.2, 0.25) is 0 Å². The first-order valence-corrected chi connectivity index (χ1v) is 13.8. The Hall–Kier alpha value is -3.57. The summed E-state index contributed by atoms with van der Waals surface area (Å²) in [5.41, 5.74) is 3.00. The molecule has 1 fully saturated rings. The fraction of sp³-hybridized carbons (Fsp3) is 0.484. The van der Waals surface area contributed by atoms with E-state index in [0.717, 1.165) is 22.1 Å². The number of esters is 1. The zero-order valence-corrected chi connectivity index (χ0v) is 24.8. The molecule has 0 unspecified atom stereocenters. The van der Waals surface area contributed by atoms with Crippen molar-refractivity contribution >= 4 is 23.0 Å². The number of ether oxygens (including phenoxy) is 3. The van der Waals surface area contributed by atoms with Crippen LogP contribution in [0, 0.1) is 6.92 Å². The van der Waals surface area contributed by atoms with E-state index in [-0.39, 0.29) is 12.1 Å². The van der Waals surface area contributed by atoms with Gasteiger partial charge in [-0.2, -0.15) is 13.2 Å². The van der Waals surface area contributed by atoms with E-state index in [0.29, 0.717) is 42.8 Å². The molecule has 0 aliphatic carbocycles. The molecule has 1 saturated heterocycles. The number of hydrogen-bond acceptors (Lipinski definition) is 7. The molecule has 1 aliphatic heterocycles. The van der Waals surface area contributed by atoms with Crippen LogP contribution in [0.25, 0.3) is 10.9 Å². The predicted octanol–water partition coefficient (Wildman–Crippen LogP) is 6.39. The molecule has 42 heavy (non-hydrogen) atoms. The van der Waals surface area contributed by atoms with Gasteiger partial charge < -0.3 is 19.5 Å². The van der Waals surface area contributed by atoms with Crippen molar-refractivity contribution in [2.75, 3.05) is 27.3 Å². The lowest BCUT2D eigenvalue weighted by Gasteiger charge is -2.40. The first-order valence-electron chi connectivity index (χ1n) is 13.8. The Morgan fingerprint density at radius 1 is 1.07 bits per heavy atom. The van der Waals surface area contributed by atoms with Crippen molar-refractivity contribution in [1.82, 2.24) is 14.8 Å². The first kappa shape index (κ1) is 31.4. The summed E-state index contributed by atoms with van der Waals surface area (Å²) < 4.78 is 56.7. The Kier molecular flexibility index (Phi) is 9.22. The van der Waals surface area contributed by atoms with Crippen LogP contribution in [-0.4, -0.2) is 66.7 Å². The third kappa shape index (κ3) is 7.25. The van der Waals surface area contributed by atoms with Gasteiger partial charge in [-0.05, 0) is 75.9 Å². The molecule has 11 heteroatoms. The number of fused-ring (bicyclic) bond motifs is 1. The molecule has 228 valence electrons. The summed E-state index contributed by atoms with van der Waals surface area (Å²) >= 11 is 0. The standard InChI is InChI=1S/C31H38F3N3O5/c1-19-15-26(40-5)24(23-12-14-37(27(19)23)29(39)42-30(2,3)4)17-36-13-11-22(35-18-31(32,33)34)16-25(36)20-7-9-21(10-8-20)28(38)41-6/h7-10,12,14-15,22,25,35H,11,13,16-18H2,1-6H3/t22-,25-/m0/s1. The number of nitrogens with one attached hydrogen (secondary N) is 1. The highest BCUT2D eigenvalue weighted by Gasteiger charge is 2.34. The van der Waals surface area contributed by atoms with Crippen LogP contribution in [0.3, 0.4) is 0 Å². The number of nitrogens with zero attached hydrogens (tertiary/aromatic N) is 2. The fourth-order valence-electron chi connectivity index (χ4n) is 5.53. The number of likely N-dealkylation sites (tertiary alicyclic amines) is 1. The van der Waals surface area contributed by atoms with Gasteiger partial charge in [0.2, 0.25) is 0 Å². The summed E-state index contributed by atoms with van der Waals surface area (Å²) in [6, 6.07) is 10.1. The Morgan fingerprint density at radius 3 is 2.36 bits per heavy atom. The van der Waals surface area contributed by atoms with E-state index >= 15 is 0 Å². The Morgan fingerprint density at radius 2 is 1.76 bits per heavy atom. The molecule has 2 heterocycles. The smallest absolute Gasteiger partial charge is 0.419 e. The molecular formula is C31H38F3N3O5. The lowest BCUT2D eigenvalue weighted by atomic mass is 9.90. The van der Waals surface area contributed by atoms with Gasteiger partial charge in [-0.1, -0.05) is 12.1 Å². The lowest BCUT2D eigenvalue weighted by Crippen LogP contribution is -2.46. The van der Waals surface area contributed by atoms with Gasteiger partial charge in [0.05, 0.1) is 31.8 Å². The molecule has 2 atom stereocenters. The van der Waals surface area contributed by atoms with E-state index in [1.807, 2.05) is 52.0 Å². The number of benzene rings is 2. The normalized spacial score (nSPS) is 18.2. The van der Waals surface area contributed by atoms with Gasteiger partial charge in [0, 0.05) is 42.3 Å². The highest BCUT2D eigenvalue weighted by molar-refractivity contribution is 5.95. The molecule has 0 radical (unpaired) electrons. The van der Waals surface area contributed by atoms with Gasteiger partial charge >= 0.3 is 18.2 Å². The zero-order valence-electron chi connectivity index (χ0n) is 24.8. The molecule has 0 amide bonds. The van der Waals surface area contributed by atoms with Crippen LogP contribution in [-0.2, 0) is 16.0 Å². The minimum Gasteiger partial charge on any atom is -0.496 e. The topological polar surface area (TPSA) is 82.0 Å². The monoisotopic (exact) mass is 589 g/mol. The summed E-state index contributed by atoms with van der Waals surface area (Å²) in [6.07, 6.45) is -2.16. The van der Waals surface area contributed by atoms with Crippen molar-refractivity contribution in [3.05, 3.63) is 64.8 Å². The number of carbonyl (C=O) groups is 2. The zero-order chi connectivity index (χ0) is 30.8. The molecule has 4 rings (SSSR count). The maximum absolute atomic E-state index is 13.0. The van der Waals surface area contributed by atoms with E-state index < -0.39 is 30.4 Å². The van der Waals surface area contributed by atoms with E-state index in [1.54, 1.807) is 25.4 Å². The number of rotatable bonds is 7. The Balaban J connectivity index is 1.71. The second-order valence-electron chi connectivity index (χ2n) is 11.6. The molecule has 1 aliphatic rings. The maximum Gasteiger partial charge on any atom is 0.419 e. The molecule has 8 nitrogen and oxygen atoms in total. The highest BCUT2D eigenvalue weighted by Crippen LogP contribution is 2.38. The SMILES string of the molecule is COC(=O)c1ccc([C@@H]2C[C@@H](NCC(F)(F)F)CCN2Cc2c(OC)cc(C)c3c2ccn3C(=O)OC(C)(C)C)cc1. The summed E-state index contributed by atoms with van der Waals surface area (Å²) in [7, 11) is 2.90. The van der Waals surface area contributed by atoms with Crippen LogP contribution >= 0.6 is 0 Å². The van der Waals surface area contributed by atoms with Crippen molar-refractivity contribution in [3.63, 3.8) is 0 Å². The number of aryl methyl sites for hydroxylation is 1. The number of methoxy groups -OCH3 is 2. The fourth-order valence-corrected chi connectivity index (χ4v) is 5.53. The average molecular weight is 590 g/mol. The van der Waals surface area contributed by atoms with Crippen molar-refractivity contribution in [1.29, 1.82) is 0 Å². The molecule has 3 aromatic rings. The van der Waals surface area contributed by atoms with Crippen LogP contribution in [0.1, 0.15) is 66.7 Å². The number of carbonyl (C=O) groups excluding carboxylic acids is 2. The van der Waals surface area contributed by atoms with Crippen molar-refractivity contribution in [2.24, 2.45) is 0 Å². The van der Waals surface area contributed by atoms with Gasteiger partial charge in [0.25, 0.3) is 0 Å². The van der Waals surface area contributed by atoms with Gasteiger partial charge in [-0.15, -0.1) is 0 Å². The second-order valence-corrected chi connectivity index (χ2v) is 11.6. The van der Waals surface area contributed by atoms with E-state index in [4.69, 9.17) is 14.2 Å². The van der Waals surface area contributed by atoms with Crippen LogP contribution in [0.5, 0.6) is 5.75 Å². The minimum atomic E-state index is -4.31. The number of hydrogen-bond donors (Lipinski definition) is 1. The van der Waals surface area contributed by atoms with Crippen LogP contribution in [0.4, 0.5) is 18.0 Å². The molecule has 1 N–H and O–H groups in total. The molecule has 0 bridgehead atoms. The van der Waals surface area contributed by atoms with Gasteiger partial charge in [0.15, 0.2) is 0 Å². The largest absolute Gasteiger partial charge is 0.496 e. The van der Waals surface area contributed by atoms with Crippen molar-refractivity contribution in [3.8, 4) is 5.75 Å². The second kappa shape index (κ2) is 12.3. The van der Waals surface area contributed by atoms with E-state index in [1.165, 1.54) is 11.7 Å². The number of aromatic nitrogens is 1. The van der Waals surface area contributed by atoms with Crippen molar-refractivity contribution < 1.29 is 37.0 Å².